The van der Waals surface area contributed by atoms with Crippen LogP contribution in [0.3, 0.4) is 0 Å². The summed E-state index contributed by atoms with van der Waals surface area (Å²) in [5, 5.41) is 2.51. The molecule has 0 bridgehead atoms. The highest BCUT2D eigenvalue weighted by molar-refractivity contribution is 6.00. The topological polar surface area (TPSA) is 92.8 Å². The van der Waals surface area contributed by atoms with Gasteiger partial charge in [0, 0.05) is 25.1 Å². The Kier molecular flexibility index (Phi) is 5.90. The molecule has 0 spiro atoms. The number of imide groups is 1. The van der Waals surface area contributed by atoms with Crippen LogP contribution in [0.25, 0.3) is 0 Å². The van der Waals surface area contributed by atoms with Gasteiger partial charge in [0.15, 0.2) is 11.9 Å². The number of aryl methyl sites for hydroxylation is 2. The van der Waals surface area contributed by atoms with Gasteiger partial charge in [-0.3, -0.25) is 19.3 Å². The molecule has 0 radical (unpaired) electrons. The molecule has 1 saturated heterocycles. The minimum atomic E-state index is -1.06. The lowest BCUT2D eigenvalue weighted by Gasteiger charge is -2.18. The van der Waals surface area contributed by atoms with Gasteiger partial charge in [-0.1, -0.05) is 17.7 Å². The van der Waals surface area contributed by atoms with Gasteiger partial charge in [-0.05, 0) is 32.4 Å². The van der Waals surface area contributed by atoms with E-state index in [4.69, 9.17) is 4.74 Å². The fourth-order valence-corrected chi connectivity index (χ4v) is 2.59. The summed E-state index contributed by atoms with van der Waals surface area (Å²) in [7, 11) is 0. The molecule has 25 heavy (non-hydrogen) atoms. The number of carbonyl (C=O) groups excluding carboxylic acids is 4. The van der Waals surface area contributed by atoms with Gasteiger partial charge in [0.1, 0.15) is 0 Å². The lowest BCUT2D eigenvalue weighted by atomic mass is 9.99. The van der Waals surface area contributed by atoms with E-state index in [1.54, 1.807) is 6.07 Å². The summed E-state index contributed by atoms with van der Waals surface area (Å²) >= 11 is 0. The van der Waals surface area contributed by atoms with Crippen molar-refractivity contribution in [2.24, 2.45) is 0 Å². The molecule has 1 aliphatic rings. The number of ether oxygens (including phenoxy) is 1. The van der Waals surface area contributed by atoms with E-state index in [9.17, 15) is 19.2 Å². The number of nitrogens with one attached hydrogen (secondary N) is 1. The summed E-state index contributed by atoms with van der Waals surface area (Å²) < 4.78 is 5.05. The zero-order valence-electron chi connectivity index (χ0n) is 14.6. The normalized spacial score (nSPS) is 14.8. The second kappa shape index (κ2) is 7.92. The van der Waals surface area contributed by atoms with Crippen LogP contribution in [0.5, 0.6) is 0 Å². The van der Waals surface area contributed by atoms with Crippen LogP contribution in [-0.4, -0.2) is 47.8 Å². The van der Waals surface area contributed by atoms with Crippen molar-refractivity contribution in [1.29, 1.82) is 0 Å². The van der Waals surface area contributed by atoms with Crippen LogP contribution in [0, 0.1) is 13.8 Å². The zero-order chi connectivity index (χ0) is 18.6. The second-order valence-corrected chi connectivity index (χ2v) is 6.10. The van der Waals surface area contributed by atoms with Crippen LogP contribution < -0.4 is 5.32 Å². The Morgan fingerprint density at radius 3 is 2.60 bits per heavy atom. The van der Waals surface area contributed by atoms with E-state index in [1.165, 1.54) is 6.92 Å². The Hall–Kier alpha value is -2.70. The van der Waals surface area contributed by atoms with Gasteiger partial charge in [0.25, 0.3) is 5.91 Å². The Morgan fingerprint density at radius 2 is 1.96 bits per heavy atom. The number of esters is 1. The largest absolute Gasteiger partial charge is 0.453 e. The molecular formula is C18H22N2O5. The first-order chi connectivity index (χ1) is 11.8. The molecule has 2 rings (SSSR count). The number of nitrogens with zero attached hydrogens (tertiary/aromatic N) is 1. The SMILES string of the molecule is Cc1ccc(C)c(C(=O)CCC(=O)O[C@H](C)C(=O)N2CCNC2=O)c1. The van der Waals surface area contributed by atoms with Crippen LogP contribution >= 0.6 is 0 Å². The number of ketones is 1. The predicted molar refractivity (Wildman–Crippen MR) is 90.1 cm³/mol. The average molecular weight is 346 g/mol. The highest BCUT2D eigenvalue weighted by Crippen LogP contribution is 2.14. The van der Waals surface area contributed by atoms with Crippen LogP contribution in [0.4, 0.5) is 4.79 Å². The minimum absolute atomic E-state index is 0.00817. The smallest absolute Gasteiger partial charge is 0.324 e. The molecule has 0 aliphatic carbocycles. The van der Waals surface area contributed by atoms with Gasteiger partial charge >= 0.3 is 12.0 Å². The van der Waals surface area contributed by atoms with Crippen molar-refractivity contribution in [3.8, 4) is 0 Å². The number of urea groups is 1. The second-order valence-electron chi connectivity index (χ2n) is 6.10. The molecule has 1 heterocycles. The fourth-order valence-electron chi connectivity index (χ4n) is 2.59. The third-order valence-corrected chi connectivity index (χ3v) is 4.03. The van der Waals surface area contributed by atoms with Crippen molar-refractivity contribution in [1.82, 2.24) is 10.2 Å². The van der Waals surface area contributed by atoms with E-state index in [0.29, 0.717) is 12.1 Å². The standard InChI is InChI=1S/C18H22N2O5/c1-11-4-5-12(2)14(10-11)15(21)6-7-16(22)25-13(3)17(23)20-9-8-19-18(20)24/h4-5,10,13H,6-9H2,1-3H3,(H,19,24)/t13-/m1/s1. The van der Waals surface area contributed by atoms with Crippen molar-refractivity contribution < 1.29 is 23.9 Å². The van der Waals surface area contributed by atoms with Crippen LogP contribution in [0.1, 0.15) is 41.3 Å². The maximum atomic E-state index is 12.3. The van der Waals surface area contributed by atoms with Gasteiger partial charge in [-0.2, -0.15) is 0 Å². The molecule has 1 aliphatic heterocycles. The van der Waals surface area contributed by atoms with Crippen molar-refractivity contribution in [3.63, 3.8) is 0 Å². The monoisotopic (exact) mass is 346 g/mol. The zero-order valence-corrected chi connectivity index (χ0v) is 14.6. The van der Waals surface area contributed by atoms with Gasteiger partial charge < -0.3 is 10.1 Å². The van der Waals surface area contributed by atoms with E-state index in [-0.39, 0.29) is 25.2 Å². The van der Waals surface area contributed by atoms with E-state index in [1.807, 2.05) is 26.0 Å². The fraction of sp³-hybridized carbons (Fsp3) is 0.444. The van der Waals surface area contributed by atoms with Crippen molar-refractivity contribution in [2.45, 2.75) is 39.7 Å². The van der Waals surface area contributed by atoms with E-state index in [2.05, 4.69) is 5.32 Å². The van der Waals surface area contributed by atoms with Gasteiger partial charge in [0.05, 0.1) is 6.42 Å². The highest BCUT2D eigenvalue weighted by atomic mass is 16.5. The number of Topliss-reactive ketones (excluding diaryl/α,β-unsaturated/α-hetero) is 1. The number of carbonyl (C=O) groups is 4. The number of amides is 3. The Labute approximate surface area is 146 Å². The average Bonchev–Trinajstić information content (AvgIpc) is 3.00. The number of benzene rings is 1. The molecule has 0 aromatic heterocycles. The van der Waals surface area contributed by atoms with Crippen molar-refractivity contribution in [2.75, 3.05) is 13.1 Å². The molecule has 0 unspecified atom stereocenters. The summed E-state index contributed by atoms with van der Waals surface area (Å²) in [5.74, 6) is -1.35. The molecule has 3 amide bonds. The summed E-state index contributed by atoms with van der Waals surface area (Å²) in [6.45, 7) is 5.79. The lowest BCUT2D eigenvalue weighted by molar-refractivity contribution is -0.157. The molecule has 7 heteroatoms. The molecular weight excluding hydrogens is 324 g/mol. The Morgan fingerprint density at radius 1 is 1.24 bits per heavy atom. The van der Waals surface area contributed by atoms with Crippen LogP contribution in [-0.2, 0) is 14.3 Å². The predicted octanol–water partition coefficient (Wildman–Crippen LogP) is 1.75. The molecule has 134 valence electrons. The molecule has 1 aromatic carbocycles. The van der Waals surface area contributed by atoms with Crippen LogP contribution in [0.2, 0.25) is 0 Å². The molecule has 1 aromatic rings. The summed E-state index contributed by atoms with van der Waals surface area (Å²) in [6, 6.07) is 5.09. The number of hydrogen-bond donors (Lipinski definition) is 1. The molecule has 1 N–H and O–H groups in total. The van der Waals surface area contributed by atoms with Gasteiger partial charge in [-0.15, -0.1) is 0 Å². The quantitative estimate of drug-likeness (QED) is 0.626. The van der Waals surface area contributed by atoms with Gasteiger partial charge in [-0.25, -0.2) is 4.79 Å². The maximum absolute atomic E-state index is 12.3. The van der Waals surface area contributed by atoms with Crippen LogP contribution in [0.15, 0.2) is 18.2 Å². The first-order valence-corrected chi connectivity index (χ1v) is 8.18. The minimum Gasteiger partial charge on any atom is -0.453 e. The third kappa shape index (κ3) is 4.65. The first-order valence-electron chi connectivity index (χ1n) is 8.18. The third-order valence-electron chi connectivity index (χ3n) is 4.03. The lowest BCUT2D eigenvalue weighted by Crippen LogP contribution is -2.41. The molecule has 0 saturated carbocycles. The molecule has 1 fully saturated rings. The number of hydrogen-bond acceptors (Lipinski definition) is 5. The highest BCUT2D eigenvalue weighted by Gasteiger charge is 2.31. The Balaban J connectivity index is 1.85. The first kappa shape index (κ1) is 18.6. The number of rotatable bonds is 6. The van der Waals surface area contributed by atoms with Gasteiger partial charge in [0.2, 0.25) is 0 Å². The summed E-state index contributed by atoms with van der Waals surface area (Å²) in [5.41, 5.74) is 2.41. The maximum Gasteiger partial charge on any atom is 0.324 e. The summed E-state index contributed by atoms with van der Waals surface area (Å²) in [4.78, 5) is 48.7. The van der Waals surface area contributed by atoms with E-state index >= 15 is 0 Å². The van der Waals surface area contributed by atoms with Crippen molar-refractivity contribution in [3.05, 3.63) is 34.9 Å². The molecule has 7 nitrogen and oxygen atoms in total. The van der Waals surface area contributed by atoms with E-state index in [0.717, 1.165) is 16.0 Å². The van der Waals surface area contributed by atoms with E-state index < -0.39 is 24.0 Å². The van der Waals surface area contributed by atoms with Crippen molar-refractivity contribution >= 4 is 23.7 Å². The molecule has 1 atom stereocenters. The summed E-state index contributed by atoms with van der Waals surface area (Å²) in [6.07, 6.45) is -1.17. The Bertz CT molecular complexity index is 713.